The van der Waals surface area contributed by atoms with E-state index in [4.69, 9.17) is 12.2 Å². The van der Waals surface area contributed by atoms with Crippen LogP contribution in [0.15, 0.2) is 12.1 Å². The van der Waals surface area contributed by atoms with Crippen molar-refractivity contribution in [3.05, 3.63) is 37.8 Å². The summed E-state index contributed by atoms with van der Waals surface area (Å²) in [7, 11) is 0. The first kappa shape index (κ1) is 17.9. The molecule has 0 atom stereocenters. The monoisotopic (exact) mass is 348 g/mol. The molecular formula is C18H24N2OS2. The van der Waals surface area contributed by atoms with E-state index in [9.17, 15) is 5.11 Å². The molecule has 0 aliphatic heterocycles. The average molecular weight is 349 g/mol. The number of aromatic nitrogens is 2. The Kier molecular flexibility index (Phi) is 4.83. The molecule has 124 valence electrons. The van der Waals surface area contributed by atoms with Gasteiger partial charge in [-0.1, -0.05) is 59.0 Å². The van der Waals surface area contributed by atoms with E-state index in [1.165, 1.54) is 11.3 Å². The summed E-state index contributed by atoms with van der Waals surface area (Å²) >= 11 is 6.50. The Labute approximate surface area is 147 Å². The van der Waals surface area contributed by atoms with Crippen molar-refractivity contribution < 1.29 is 5.11 Å². The highest BCUT2D eigenvalue weighted by molar-refractivity contribution is 7.73. The number of nitrogens with one attached hydrogen (secondary N) is 1. The molecule has 0 saturated carbocycles. The van der Waals surface area contributed by atoms with Gasteiger partial charge in [-0.3, -0.25) is 5.10 Å². The van der Waals surface area contributed by atoms with Crippen molar-refractivity contribution in [2.24, 2.45) is 0 Å². The lowest BCUT2D eigenvalue weighted by Crippen LogP contribution is -2.17. The first-order chi connectivity index (χ1) is 10.5. The van der Waals surface area contributed by atoms with E-state index in [0.29, 0.717) is 9.70 Å². The zero-order valence-electron chi connectivity index (χ0n) is 14.5. The molecule has 5 heteroatoms. The number of hydrogen-bond acceptors (Lipinski definition) is 4. The van der Waals surface area contributed by atoms with Gasteiger partial charge in [0.1, 0.15) is 10.8 Å². The predicted octanol–water partition coefficient (Wildman–Crippen LogP) is 5.67. The molecule has 0 aliphatic rings. The molecule has 3 nitrogen and oxygen atoms in total. The van der Waals surface area contributed by atoms with Gasteiger partial charge in [0.25, 0.3) is 0 Å². The van der Waals surface area contributed by atoms with Crippen LogP contribution in [0.4, 0.5) is 0 Å². The van der Waals surface area contributed by atoms with Gasteiger partial charge in [-0.2, -0.15) is 5.10 Å². The fraction of sp³-hybridized carbons (Fsp3) is 0.444. The highest BCUT2D eigenvalue weighted by Gasteiger charge is 2.26. The van der Waals surface area contributed by atoms with Crippen LogP contribution in [0.5, 0.6) is 5.75 Å². The molecule has 23 heavy (non-hydrogen) atoms. The van der Waals surface area contributed by atoms with Crippen LogP contribution in [0.25, 0.3) is 12.2 Å². The van der Waals surface area contributed by atoms with Crippen molar-refractivity contribution in [3.63, 3.8) is 0 Å². The van der Waals surface area contributed by atoms with Gasteiger partial charge < -0.3 is 5.11 Å². The van der Waals surface area contributed by atoms with Gasteiger partial charge in [0.05, 0.1) is 0 Å². The van der Waals surface area contributed by atoms with Crippen molar-refractivity contribution in [3.8, 4) is 5.75 Å². The Bertz CT molecular complexity index is 751. The fourth-order valence-corrected chi connectivity index (χ4v) is 3.19. The Morgan fingerprint density at radius 2 is 1.57 bits per heavy atom. The summed E-state index contributed by atoms with van der Waals surface area (Å²) in [6, 6.07) is 4.10. The van der Waals surface area contributed by atoms with Crippen LogP contribution in [0.2, 0.25) is 0 Å². The number of phenols is 1. The van der Waals surface area contributed by atoms with E-state index < -0.39 is 0 Å². The molecule has 1 heterocycles. The van der Waals surface area contributed by atoms with Gasteiger partial charge in [-0.05, 0) is 46.8 Å². The van der Waals surface area contributed by atoms with Gasteiger partial charge in [-0.15, -0.1) is 0 Å². The summed E-state index contributed by atoms with van der Waals surface area (Å²) in [5, 5.41) is 18.5. The Morgan fingerprint density at radius 3 is 1.96 bits per heavy atom. The molecule has 0 aliphatic carbocycles. The van der Waals surface area contributed by atoms with Crippen LogP contribution in [0.3, 0.4) is 0 Å². The minimum absolute atomic E-state index is 0.128. The molecule has 0 fully saturated rings. The quantitative estimate of drug-likeness (QED) is 0.687. The fourth-order valence-electron chi connectivity index (χ4n) is 2.38. The lowest BCUT2D eigenvalue weighted by Gasteiger charge is -2.27. The second kappa shape index (κ2) is 6.21. The molecule has 0 radical (unpaired) electrons. The molecule has 1 aromatic heterocycles. The van der Waals surface area contributed by atoms with E-state index >= 15 is 0 Å². The van der Waals surface area contributed by atoms with E-state index in [-0.39, 0.29) is 10.8 Å². The summed E-state index contributed by atoms with van der Waals surface area (Å²) in [4.78, 5) is 0. The Balaban J connectivity index is 2.56. The number of benzene rings is 1. The normalized spacial score (nSPS) is 13.0. The van der Waals surface area contributed by atoms with E-state index in [1.807, 2.05) is 24.3 Å². The first-order valence-electron chi connectivity index (χ1n) is 7.60. The van der Waals surface area contributed by atoms with Crippen LogP contribution in [-0.2, 0) is 10.8 Å². The number of nitrogens with zero attached hydrogens (tertiary/aromatic N) is 1. The zero-order valence-corrected chi connectivity index (χ0v) is 16.2. The van der Waals surface area contributed by atoms with E-state index in [1.54, 1.807) is 0 Å². The van der Waals surface area contributed by atoms with E-state index in [0.717, 1.165) is 21.7 Å². The van der Waals surface area contributed by atoms with Gasteiger partial charge in [-0.25, -0.2) is 0 Å². The van der Waals surface area contributed by atoms with Crippen LogP contribution in [-0.4, -0.2) is 15.3 Å². The lowest BCUT2D eigenvalue weighted by atomic mass is 9.78. The zero-order chi connectivity index (χ0) is 17.4. The highest BCUT2D eigenvalue weighted by Crippen LogP contribution is 2.40. The van der Waals surface area contributed by atoms with Crippen molar-refractivity contribution in [1.29, 1.82) is 0 Å². The molecule has 0 amide bonds. The number of aromatic amines is 1. The Hall–Kier alpha value is -1.46. The van der Waals surface area contributed by atoms with Crippen molar-refractivity contribution in [1.82, 2.24) is 10.2 Å². The largest absolute Gasteiger partial charge is 0.507 e. The lowest BCUT2D eigenvalue weighted by molar-refractivity contribution is 0.423. The molecule has 0 saturated heterocycles. The standard InChI is InChI=1S/C18H24N2OS2/c1-17(2,3)12-9-11(7-8-14-19-20-16(22)23-14)10-13(15(12)21)18(4,5)6/h7-10,21H,1-6H3,(H,20,22)/b8-7+. The summed E-state index contributed by atoms with van der Waals surface area (Å²) in [5.41, 5.74) is 2.71. The van der Waals surface area contributed by atoms with Gasteiger partial charge in [0.2, 0.25) is 0 Å². The second-order valence-corrected chi connectivity index (χ2v) is 9.45. The summed E-state index contributed by atoms with van der Waals surface area (Å²) in [5.74, 6) is 0.401. The number of rotatable bonds is 2. The third-order valence-electron chi connectivity index (χ3n) is 3.62. The number of phenolic OH excluding ortho intramolecular Hbond substituents is 1. The molecular weight excluding hydrogens is 324 g/mol. The number of H-pyrrole nitrogens is 1. The van der Waals surface area contributed by atoms with Gasteiger partial charge >= 0.3 is 0 Å². The summed E-state index contributed by atoms with van der Waals surface area (Å²) in [6.07, 6.45) is 3.97. The molecule has 1 aromatic carbocycles. The van der Waals surface area contributed by atoms with Crippen LogP contribution in [0, 0.1) is 3.95 Å². The van der Waals surface area contributed by atoms with Crippen LogP contribution < -0.4 is 0 Å². The third-order valence-corrected chi connectivity index (χ3v) is 4.68. The highest BCUT2D eigenvalue weighted by atomic mass is 32.1. The predicted molar refractivity (Wildman–Crippen MR) is 102 cm³/mol. The van der Waals surface area contributed by atoms with Crippen LogP contribution in [0.1, 0.15) is 63.2 Å². The maximum atomic E-state index is 10.7. The van der Waals surface area contributed by atoms with Gasteiger partial charge in [0.15, 0.2) is 3.95 Å². The smallest absolute Gasteiger partial charge is 0.176 e. The molecule has 0 spiro atoms. The topological polar surface area (TPSA) is 48.9 Å². The van der Waals surface area contributed by atoms with Crippen molar-refractivity contribution in [2.75, 3.05) is 0 Å². The van der Waals surface area contributed by atoms with Gasteiger partial charge in [0, 0.05) is 11.1 Å². The van der Waals surface area contributed by atoms with Crippen molar-refractivity contribution >= 4 is 35.7 Å². The molecule has 2 rings (SSSR count). The molecule has 2 N–H and O–H groups in total. The minimum atomic E-state index is -0.128. The van der Waals surface area contributed by atoms with E-state index in [2.05, 4.69) is 51.7 Å². The maximum absolute atomic E-state index is 10.7. The van der Waals surface area contributed by atoms with Crippen molar-refractivity contribution in [2.45, 2.75) is 52.4 Å². The summed E-state index contributed by atoms with van der Waals surface area (Å²) in [6.45, 7) is 12.7. The maximum Gasteiger partial charge on any atom is 0.176 e. The number of aromatic hydroxyl groups is 1. The third kappa shape index (κ3) is 4.30. The average Bonchev–Trinajstić information content (AvgIpc) is 2.80. The summed E-state index contributed by atoms with van der Waals surface area (Å²) < 4.78 is 0.668. The first-order valence-corrected chi connectivity index (χ1v) is 8.82. The second-order valence-electron chi connectivity index (χ2n) is 7.75. The number of hydrogen-bond donors (Lipinski definition) is 2. The molecule has 2 aromatic rings. The SMILES string of the molecule is CC(C)(C)c1cc(/C=C/c2n[nH]c(=S)s2)cc(C(C)(C)C)c1O. The van der Waals surface area contributed by atoms with Crippen LogP contribution >= 0.6 is 23.6 Å². The Morgan fingerprint density at radius 1 is 1.04 bits per heavy atom. The molecule has 0 bridgehead atoms. The minimum Gasteiger partial charge on any atom is -0.507 e. The molecule has 0 unspecified atom stereocenters.